The lowest BCUT2D eigenvalue weighted by Crippen LogP contribution is -2.66. The number of benzene rings is 2. The van der Waals surface area contributed by atoms with E-state index < -0.39 is 64.7 Å². The Balaban J connectivity index is 1.23. The molecule has 5 atom stereocenters. The molecule has 0 radical (unpaired) electrons. The number of hydrogen-bond donors (Lipinski definition) is 7. The van der Waals surface area contributed by atoms with Gasteiger partial charge in [-0.2, -0.15) is 11.8 Å². The first-order valence-corrected chi connectivity index (χ1v) is 19.1. The van der Waals surface area contributed by atoms with Gasteiger partial charge in [0.2, 0.25) is 23.6 Å². The molecule has 2 aromatic carbocycles. The molecular formula is C38H51N5O7S. The van der Waals surface area contributed by atoms with Gasteiger partial charge in [0, 0.05) is 17.4 Å². The van der Waals surface area contributed by atoms with Crippen LogP contribution >= 0.6 is 11.8 Å². The number of phenols is 1. The van der Waals surface area contributed by atoms with E-state index in [-0.39, 0.29) is 29.9 Å². The van der Waals surface area contributed by atoms with Crippen LogP contribution in [0.15, 0.2) is 54.6 Å². The van der Waals surface area contributed by atoms with Crippen molar-refractivity contribution in [3.05, 3.63) is 65.7 Å². The van der Waals surface area contributed by atoms with Crippen molar-refractivity contribution in [1.82, 2.24) is 21.3 Å². The number of carbonyl (C=O) groups excluding carboxylic acids is 4. The molecular weight excluding hydrogens is 671 g/mol. The predicted octanol–water partition coefficient (Wildman–Crippen LogP) is 2.62. The molecule has 0 saturated heterocycles. The molecule has 8 N–H and O–H groups in total. The summed E-state index contributed by atoms with van der Waals surface area (Å²) < 4.78 is 0. The van der Waals surface area contributed by atoms with Crippen molar-refractivity contribution in [2.45, 2.75) is 94.3 Å². The zero-order valence-electron chi connectivity index (χ0n) is 29.6. The maximum atomic E-state index is 14.0. The summed E-state index contributed by atoms with van der Waals surface area (Å²) in [6.07, 6.45) is 6.49. The highest BCUT2D eigenvalue weighted by Crippen LogP contribution is 2.61. The number of aromatic hydroxyl groups is 1. The van der Waals surface area contributed by atoms with E-state index in [4.69, 9.17) is 5.73 Å². The average Bonchev–Trinajstić information content (AvgIpc) is 3.08. The van der Waals surface area contributed by atoms with Gasteiger partial charge in [-0.25, -0.2) is 0 Å². The highest BCUT2D eigenvalue weighted by atomic mass is 32.2. The molecule has 4 aliphatic rings. The van der Waals surface area contributed by atoms with Crippen molar-refractivity contribution < 1.29 is 34.2 Å². The normalized spacial score (nSPS) is 25.3. The van der Waals surface area contributed by atoms with Crippen molar-refractivity contribution >= 4 is 41.4 Å². The third-order valence-electron chi connectivity index (χ3n) is 11.2. The fraction of sp³-hybridized carbons (Fsp3) is 0.553. The molecule has 6 rings (SSSR count). The number of amides is 4. The van der Waals surface area contributed by atoms with Gasteiger partial charge in [0.05, 0.1) is 18.0 Å². The van der Waals surface area contributed by atoms with Crippen LogP contribution in [0.25, 0.3) is 0 Å². The van der Waals surface area contributed by atoms with Gasteiger partial charge in [-0.3, -0.25) is 24.0 Å². The molecule has 0 aliphatic heterocycles. The SMILES string of the molecule is CSCC[C@@H](NC(=O)[C@@H](N)C(C)(C)c1ccc(O)cc1)C(=O)NCC(=O)N[C@@H](Cc1ccccc1)C(=O)NC12CC3CC(C1)CC(C(=O)O)(C3)C2. The minimum Gasteiger partial charge on any atom is -0.508 e. The Kier molecular flexibility index (Phi) is 11.7. The molecule has 276 valence electrons. The van der Waals surface area contributed by atoms with Crippen molar-refractivity contribution in [3.63, 3.8) is 0 Å². The molecule has 2 aromatic rings. The molecule has 0 aromatic heterocycles. The Morgan fingerprint density at radius 1 is 0.902 bits per heavy atom. The third kappa shape index (κ3) is 8.86. The zero-order chi connectivity index (χ0) is 37.0. The monoisotopic (exact) mass is 721 g/mol. The topological polar surface area (TPSA) is 200 Å². The molecule has 51 heavy (non-hydrogen) atoms. The molecule has 4 bridgehead atoms. The zero-order valence-corrected chi connectivity index (χ0v) is 30.4. The van der Waals surface area contributed by atoms with Gasteiger partial charge >= 0.3 is 5.97 Å². The van der Waals surface area contributed by atoms with Gasteiger partial charge in [0.15, 0.2) is 0 Å². The summed E-state index contributed by atoms with van der Waals surface area (Å²) in [5.41, 5.74) is 5.69. The van der Waals surface area contributed by atoms with E-state index in [0.717, 1.165) is 30.4 Å². The van der Waals surface area contributed by atoms with Crippen LogP contribution in [-0.2, 0) is 35.8 Å². The Morgan fingerprint density at radius 3 is 2.16 bits per heavy atom. The first kappa shape index (κ1) is 38.1. The van der Waals surface area contributed by atoms with Gasteiger partial charge in [0.25, 0.3) is 0 Å². The van der Waals surface area contributed by atoms with Crippen molar-refractivity contribution in [2.75, 3.05) is 18.6 Å². The van der Waals surface area contributed by atoms with Crippen molar-refractivity contribution in [1.29, 1.82) is 0 Å². The largest absolute Gasteiger partial charge is 0.508 e. The molecule has 4 amide bonds. The predicted molar refractivity (Wildman–Crippen MR) is 195 cm³/mol. The second kappa shape index (κ2) is 15.6. The fourth-order valence-electron chi connectivity index (χ4n) is 8.77. The van der Waals surface area contributed by atoms with Crippen LogP contribution in [0.3, 0.4) is 0 Å². The van der Waals surface area contributed by atoms with E-state index >= 15 is 0 Å². The number of nitrogens with one attached hydrogen (secondary N) is 4. The number of nitrogens with two attached hydrogens (primary N) is 1. The molecule has 0 spiro atoms. The van der Waals surface area contributed by atoms with E-state index in [1.807, 2.05) is 36.6 Å². The lowest BCUT2D eigenvalue weighted by atomic mass is 9.47. The lowest BCUT2D eigenvalue weighted by Gasteiger charge is -2.60. The Hall–Kier alpha value is -4.10. The minimum absolute atomic E-state index is 0.0914. The van der Waals surface area contributed by atoms with Crippen molar-refractivity contribution in [2.24, 2.45) is 23.0 Å². The summed E-state index contributed by atoms with van der Waals surface area (Å²) in [7, 11) is 0. The first-order chi connectivity index (χ1) is 24.1. The molecule has 12 nitrogen and oxygen atoms in total. The van der Waals surface area contributed by atoms with Gasteiger partial charge in [-0.1, -0.05) is 56.3 Å². The summed E-state index contributed by atoms with van der Waals surface area (Å²) in [6.45, 7) is 3.19. The van der Waals surface area contributed by atoms with Crippen LogP contribution < -0.4 is 27.0 Å². The summed E-state index contributed by atoms with van der Waals surface area (Å²) in [6, 6.07) is 12.8. The molecule has 13 heteroatoms. The lowest BCUT2D eigenvalue weighted by molar-refractivity contribution is -0.170. The number of hydrogen-bond acceptors (Lipinski definition) is 8. The second-order valence-electron chi connectivity index (χ2n) is 15.4. The molecule has 0 heterocycles. The minimum atomic E-state index is -1.02. The van der Waals surface area contributed by atoms with Crippen LogP contribution in [0.2, 0.25) is 0 Å². The fourth-order valence-corrected chi connectivity index (χ4v) is 9.24. The number of thioether (sulfide) groups is 1. The number of carboxylic acid groups (broad SMARTS) is 1. The van der Waals surface area contributed by atoms with E-state index in [1.165, 1.54) is 23.9 Å². The Bertz CT molecular complexity index is 1590. The Labute approximate surface area is 303 Å². The number of aliphatic carboxylic acids is 1. The number of phenolic OH excluding ortho intramolecular Hbond substituents is 1. The molecule has 4 aliphatic carbocycles. The van der Waals surface area contributed by atoms with Crippen molar-refractivity contribution in [3.8, 4) is 5.75 Å². The first-order valence-electron chi connectivity index (χ1n) is 17.7. The summed E-state index contributed by atoms with van der Waals surface area (Å²) in [5.74, 6) is -1.70. The standard InChI is InChI=1S/C38H51N5O7S/c1-36(2,26-9-11-27(44)12-10-26)31(39)34(48)42-28(13-14-51-3)32(46)40-21-30(45)41-29(16-23-7-5-4-6-8-23)33(47)43-38-19-24-15-25(20-38)18-37(17-24,22-38)35(49)50/h4-12,24-25,28-29,31,44H,13-22,39H2,1-3H3,(H,40,46)(H,41,45)(H,42,48)(H,43,47)(H,49,50)/t24?,25?,28-,29+,31-,37?,38?/m1/s1. The highest BCUT2D eigenvalue weighted by Gasteiger charge is 2.61. The van der Waals surface area contributed by atoms with E-state index in [0.29, 0.717) is 31.4 Å². The summed E-state index contributed by atoms with van der Waals surface area (Å²) in [4.78, 5) is 66.4. The van der Waals surface area contributed by atoms with Crippen LogP contribution in [0, 0.1) is 17.3 Å². The molecule has 2 unspecified atom stereocenters. The van der Waals surface area contributed by atoms with E-state index in [1.54, 1.807) is 26.0 Å². The molecule has 4 fully saturated rings. The van der Waals surface area contributed by atoms with Gasteiger partial charge in [-0.05, 0) is 92.0 Å². The number of rotatable bonds is 16. The van der Waals surface area contributed by atoms with Gasteiger partial charge in [-0.15, -0.1) is 0 Å². The average molecular weight is 722 g/mol. The van der Waals surface area contributed by atoms with E-state index in [9.17, 15) is 34.2 Å². The quantitative estimate of drug-likeness (QED) is 0.136. The number of carboxylic acids is 1. The van der Waals surface area contributed by atoms with Crippen LogP contribution in [0.1, 0.15) is 69.9 Å². The maximum absolute atomic E-state index is 14.0. The van der Waals surface area contributed by atoms with Crippen LogP contribution in [0.4, 0.5) is 0 Å². The summed E-state index contributed by atoms with van der Waals surface area (Å²) >= 11 is 1.50. The van der Waals surface area contributed by atoms with E-state index in [2.05, 4.69) is 21.3 Å². The Morgan fingerprint density at radius 2 is 1.55 bits per heavy atom. The summed E-state index contributed by atoms with van der Waals surface area (Å²) in [5, 5.41) is 31.2. The molecule has 4 saturated carbocycles. The highest BCUT2D eigenvalue weighted by molar-refractivity contribution is 7.98. The number of carbonyl (C=O) groups is 5. The maximum Gasteiger partial charge on any atom is 0.309 e. The van der Waals surface area contributed by atoms with Gasteiger partial charge in [0.1, 0.15) is 17.8 Å². The van der Waals surface area contributed by atoms with Gasteiger partial charge < -0.3 is 37.2 Å². The smallest absolute Gasteiger partial charge is 0.309 e. The van der Waals surface area contributed by atoms with Crippen LogP contribution in [-0.4, -0.2) is 82.0 Å². The second-order valence-corrected chi connectivity index (χ2v) is 16.4. The van der Waals surface area contributed by atoms with Crippen LogP contribution in [0.5, 0.6) is 5.75 Å². The third-order valence-corrected chi connectivity index (χ3v) is 11.8.